The summed E-state index contributed by atoms with van der Waals surface area (Å²) in [6.07, 6.45) is 6.05. The molecule has 102 valence electrons. The lowest BCUT2D eigenvalue weighted by Crippen LogP contribution is -2.41. The van der Waals surface area contributed by atoms with Crippen LogP contribution in [0, 0.1) is 11.8 Å². The van der Waals surface area contributed by atoms with Crippen LogP contribution in [-0.2, 0) is 10.0 Å². The van der Waals surface area contributed by atoms with Gasteiger partial charge < -0.3 is 0 Å². The van der Waals surface area contributed by atoms with Crippen LogP contribution < -0.4 is 4.72 Å². The summed E-state index contributed by atoms with van der Waals surface area (Å²) in [6, 6.07) is 0.0582. The Balaban J connectivity index is 2.45. The van der Waals surface area contributed by atoms with Crippen LogP contribution in [0.1, 0.15) is 46.0 Å². The van der Waals surface area contributed by atoms with Gasteiger partial charge in [-0.2, -0.15) is 0 Å². The van der Waals surface area contributed by atoms with E-state index in [0.29, 0.717) is 11.8 Å². The monoisotopic (exact) mass is 281 g/mol. The van der Waals surface area contributed by atoms with E-state index in [9.17, 15) is 8.42 Å². The topological polar surface area (TPSA) is 46.2 Å². The van der Waals surface area contributed by atoms with Crippen molar-refractivity contribution in [3.8, 4) is 0 Å². The molecule has 2 unspecified atom stereocenters. The summed E-state index contributed by atoms with van der Waals surface area (Å²) in [5, 5.41) is 0. The van der Waals surface area contributed by atoms with Crippen molar-refractivity contribution in [1.82, 2.24) is 4.72 Å². The molecule has 1 aliphatic rings. The third-order valence-electron chi connectivity index (χ3n) is 3.49. The Morgan fingerprint density at radius 3 is 2.35 bits per heavy atom. The highest BCUT2D eigenvalue weighted by Crippen LogP contribution is 2.26. The SMILES string of the molecule is CC(CCl)CS(=O)(=O)NC(C)C1CCCCC1. The largest absolute Gasteiger partial charge is 0.212 e. The molecular formula is C12H24ClNO2S. The van der Waals surface area contributed by atoms with Gasteiger partial charge in [-0.1, -0.05) is 26.2 Å². The number of hydrogen-bond acceptors (Lipinski definition) is 2. The highest BCUT2D eigenvalue weighted by atomic mass is 35.5. The zero-order valence-electron chi connectivity index (χ0n) is 10.8. The normalized spacial score (nSPS) is 22.3. The molecule has 17 heavy (non-hydrogen) atoms. The summed E-state index contributed by atoms with van der Waals surface area (Å²) in [4.78, 5) is 0. The highest BCUT2D eigenvalue weighted by Gasteiger charge is 2.24. The molecule has 0 aromatic heterocycles. The van der Waals surface area contributed by atoms with Crippen LogP contribution >= 0.6 is 11.6 Å². The van der Waals surface area contributed by atoms with Crippen molar-refractivity contribution < 1.29 is 8.42 Å². The van der Waals surface area contributed by atoms with Crippen molar-refractivity contribution in [2.45, 2.75) is 52.0 Å². The van der Waals surface area contributed by atoms with Crippen molar-refractivity contribution >= 4 is 21.6 Å². The molecule has 2 atom stereocenters. The molecular weight excluding hydrogens is 258 g/mol. The maximum atomic E-state index is 11.9. The van der Waals surface area contributed by atoms with Crippen molar-refractivity contribution in [1.29, 1.82) is 0 Å². The highest BCUT2D eigenvalue weighted by molar-refractivity contribution is 7.89. The molecule has 0 spiro atoms. The molecule has 0 heterocycles. The lowest BCUT2D eigenvalue weighted by Gasteiger charge is -2.28. The average molecular weight is 282 g/mol. The molecule has 1 saturated carbocycles. The Morgan fingerprint density at radius 1 is 1.24 bits per heavy atom. The van der Waals surface area contributed by atoms with E-state index in [1.165, 1.54) is 19.3 Å². The number of halogens is 1. The first-order chi connectivity index (χ1) is 7.94. The van der Waals surface area contributed by atoms with E-state index in [-0.39, 0.29) is 17.7 Å². The first-order valence-corrected chi connectivity index (χ1v) is 8.69. The number of sulfonamides is 1. The van der Waals surface area contributed by atoms with Gasteiger partial charge in [0.05, 0.1) is 5.75 Å². The van der Waals surface area contributed by atoms with Crippen LogP contribution in [0.5, 0.6) is 0 Å². The second-order valence-corrected chi connectivity index (χ2v) is 7.45. The van der Waals surface area contributed by atoms with E-state index >= 15 is 0 Å². The third kappa shape index (κ3) is 5.58. The summed E-state index contributed by atoms with van der Waals surface area (Å²) >= 11 is 5.65. The number of hydrogen-bond donors (Lipinski definition) is 1. The van der Waals surface area contributed by atoms with Crippen molar-refractivity contribution in [3.05, 3.63) is 0 Å². The fourth-order valence-corrected chi connectivity index (χ4v) is 4.44. The van der Waals surface area contributed by atoms with Crippen molar-refractivity contribution in [2.75, 3.05) is 11.6 Å². The van der Waals surface area contributed by atoms with Gasteiger partial charge in [0.2, 0.25) is 10.0 Å². The lowest BCUT2D eigenvalue weighted by atomic mass is 9.85. The first kappa shape index (κ1) is 15.3. The standard InChI is InChI=1S/C12H24ClNO2S/c1-10(8-13)9-17(15,16)14-11(2)12-6-4-3-5-7-12/h10-12,14H,3-9H2,1-2H3. The molecule has 0 radical (unpaired) electrons. The predicted octanol–water partition coefficient (Wildman–Crippen LogP) is 2.75. The first-order valence-electron chi connectivity index (χ1n) is 6.50. The van der Waals surface area contributed by atoms with Gasteiger partial charge in [-0.05, 0) is 31.6 Å². The molecule has 3 nitrogen and oxygen atoms in total. The molecule has 0 amide bonds. The number of rotatable bonds is 6. The lowest BCUT2D eigenvalue weighted by molar-refractivity contribution is 0.303. The van der Waals surface area contributed by atoms with Crippen molar-refractivity contribution in [3.63, 3.8) is 0 Å². The molecule has 0 bridgehead atoms. The molecule has 1 rings (SSSR count). The van der Waals surface area contributed by atoms with E-state index in [0.717, 1.165) is 12.8 Å². The summed E-state index contributed by atoms with van der Waals surface area (Å²) in [5.74, 6) is 1.03. The molecule has 1 fully saturated rings. The quantitative estimate of drug-likeness (QED) is 0.761. The van der Waals surface area contributed by atoms with Gasteiger partial charge in [-0.15, -0.1) is 11.6 Å². The van der Waals surface area contributed by atoms with E-state index in [1.54, 1.807) is 0 Å². The summed E-state index contributed by atoms with van der Waals surface area (Å²) in [6.45, 7) is 3.84. The zero-order valence-corrected chi connectivity index (χ0v) is 12.4. The van der Waals surface area contributed by atoms with Gasteiger partial charge in [0.1, 0.15) is 0 Å². The summed E-state index contributed by atoms with van der Waals surface area (Å²) in [5.41, 5.74) is 0. The zero-order chi connectivity index (χ0) is 12.9. The number of alkyl halides is 1. The third-order valence-corrected chi connectivity index (χ3v) is 5.76. The molecule has 0 aromatic carbocycles. The minimum absolute atomic E-state index is 0.00715. The van der Waals surface area contributed by atoms with Crippen LogP contribution in [-0.4, -0.2) is 26.1 Å². The van der Waals surface area contributed by atoms with Crippen molar-refractivity contribution in [2.24, 2.45) is 11.8 Å². The predicted molar refractivity (Wildman–Crippen MR) is 72.8 cm³/mol. The second kappa shape index (κ2) is 6.95. The molecule has 1 N–H and O–H groups in total. The smallest absolute Gasteiger partial charge is 0.212 e. The summed E-state index contributed by atoms with van der Waals surface area (Å²) < 4.78 is 26.6. The summed E-state index contributed by atoms with van der Waals surface area (Å²) in [7, 11) is -3.18. The average Bonchev–Trinajstić information content (AvgIpc) is 2.28. The van der Waals surface area contributed by atoms with Gasteiger partial charge in [0.25, 0.3) is 0 Å². The van der Waals surface area contributed by atoms with Gasteiger partial charge >= 0.3 is 0 Å². The van der Waals surface area contributed by atoms with E-state index < -0.39 is 10.0 Å². The Hall–Kier alpha value is 0.200. The molecule has 5 heteroatoms. The van der Waals surface area contributed by atoms with Crippen LogP contribution in [0.25, 0.3) is 0 Å². The maximum absolute atomic E-state index is 11.9. The van der Waals surface area contributed by atoms with Gasteiger partial charge in [0.15, 0.2) is 0 Å². The maximum Gasteiger partial charge on any atom is 0.212 e. The van der Waals surface area contributed by atoms with E-state index in [2.05, 4.69) is 4.72 Å². The minimum Gasteiger partial charge on any atom is -0.212 e. The Kier molecular flexibility index (Phi) is 6.24. The molecule has 1 aliphatic carbocycles. The Morgan fingerprint density at radius 2 is 1.82 bits per heavy atom. The van der Waals surface area contributed by atoms with Gasteiger partial charge in [-0.3, -0.25) is 0 Å². The van der Waals surface area contributed by atoms with Crippen LogP contribution in [0.2, 0.25) is 0 Å². The Bertz CT molecular complexity index is 312. The fraction of sp³-hybridized carbons (Fsp3) is 1.00. The van der Waals surface area contributed by atoms with E-state index in [4.69, 9.17) is 11.6 Å². The van der Waals surface area contributed by atoms with E-state index in [1.807, 2.05) is 13.8 Å². The van der Waals surface area contributed by atoms with Gasteiger partial charge in [-0.25, -0.2) is 13.1 Å². The van der Waals surface area contributed by atoms with Crippen LogP contribution in [0.4, 0.5) is 0 Å². The second-order valence-electron chi connectivity index (χ2n) is 5.35. The molecule has 0 aliphatic heterocycles. The van der Waals surface area contributed by atoms with Gasteiger partial charge in [0, 0.05) is 11.9 Å². The molecule has 0 saturated heterocycles. The Labute approximate surface area is 110 Å². The minimum atomic E-state index is -3.18. The van der Waals surface area contributed by atoms with Crippen LogP contribution in [0.3, 0.4) is 0 Å². The van der Waals surface area contributed by atoms with Crippen LogP contribution in [0.15, 0.2) is 0 Å². The molecule has 0 aromatic rings. The fourth-order valence-electron chi connectivity index (χ4n) is 2.48. The number of nitrogens with one attached hydrogen (secondary N) is 1.